The summed E-state index contributed by atoms with van der Waals surface area (Å²) in [4.78, 5) is 4.78. The summed E-state index contributed by atoms with van der Waals surface area (Å²) in [5, 5.41) is 22.1. The molecule has 2 aromatic heterocycles. The summed E-state index contributed by atoms with van der Waals surface area (Å²) in [5.41, 5.74) is 4.30. The third-order valence-electron chi connectivity index (χ3n) is 5.30. The second-order valence-electron chi connectivity index (χ2n) is 8.13. The summed E-state index contributed by atoms with van der Waals surface area (Å²) in [6.45, 7) is 4.47. The molecular weight excluding hydrogens is 406 g/mol. The topological polar surface area (TPSA) is 96.0 Å². The molecule has 2 heterocycles. The van der Waals surface area contributed by atoms with E-state index in [1.54, 1.807) is 0 Å². The van der Waals surface area contributed by atoms with E-state index in [1.165, 1.54) is 5.56 Å². The van der Waals surface area contributed by atoms with Crippen molar-refractivity contribution in [2.75, 3.05) is 5.75 Å². The van der Waals surface area contributed by atoms with Crippen LogP contribution in [-0.2, 0) is 6.42 Å². The van der Waals surface area contributed by atoms with Gasteiger partial charge in [-0.25, -0.2) is 4.98 Å². The van der Waals surface area contributed by atoms with Gasteiger partial charge in [-0.1, -0.05) is 62.4 Å². The molecule has 7 nitrogen and oxygen atoms in total. The molecule has 0 fully saturated rings. The van der Waals surface area contributed by atoms with Gasteiger partial charge in [0.05, 0.1) is 0 Å². The third kappa shape index (κ3) is 5.19. The van der Waals surface area contributed by atoms with Gasteiger partial charge < -0.3 is 0 Å². The molecule has 0 amide bonds. The predicted molar refractivity (Wildman–Crippen MR) is 125 cm³/mol. The Balaban J connectivity index is 1.50. The van der Waals surface area contributed by atoms with Crippen LogP contribution in [0.25, 0.3) is 22.5 Å². The minimum atomic E-state index is 0.353. The molecular formula is C23H27N7S. The number of rotatable bonds is 9. The number of hydrogen-bond acceptors (Lipinski definition) is 6. The molecule has 4 rings (SSSR count). The molecule has 2 aromatic carbocycles. The molecule has 1 unspecified atom stereocenters. The van der Waals surface area contributed by atoms with Crippen LogP contribution in [0.3, 0.4) is 0 Å². The molecule has 8 heteroatoms. The van der Waals surface area contributed by atoms with Crippen molar-refractivity contribution in [1.82, 2.24) is 35.8 Å². The SMILES string of the molecule is CC(C)CC(CCS)c1n[nH]c(Cc2ccc(-c3ccccc3-c3nn[nH]n3)cc2)n1. The maximum Gasteiger partial charge on any atom is 0.205 e. The first-order valence-electron chi connectivity index (χ1n) is 10.6. The molecule has 0 aliphatic carbocycles. The number of nitrogens with one attached hydrogen (secondary N) is 2. The van der Waals surface area contributed by atoms with E-state index in [0.717, 1.165) is 53.4 Å². The van der Waals surface area contributed by atoms with Gasteiger partial charge >= 0.3 is 0 Å². The highest BCUT2D eigenvalue weighted by atomic mass is 32.1. The van der Waals surface area contributed by atoms with Gasteiger partial charge in [-0.2, -0.15) is 22.9 Å². The highest BCUT2D eigenvalue weighted by molar-refractivity contribution is 7.80. The lowest BCUT2D eigenvalue weighted by molar-refractivity contribution is 0.475. The second kappa shape index (κ2) is 9.87. The zero-order chi connectivity index (χ0) is 21.6. The van der Waals surface area contributed by atoms with Crippen molar-refractivity contribution in [3.63, 3.8) is 0 Å². The van der Waals surface area contributed by atoms with Crippen molar-refractivity contribution in [3.8, 4) is 22.5 Å². The number of benzene rings is 2. The quantitative estimate of drug-likeness (QED) is 0.333. The van der Waals surface area contributed by atoms with E-state index in [0.29, 0.717) is 17.7 Å². The van der Waals surface area contributed by atoms with Crippen LogP contribution in [-0.4, -0.2) is 41.6 Å². The van der Waals surface area contributed by atoms with Crippen molar-refractivity contribution in [3.05, 3.63) is 65.7 Å². The zero-order valence-corrected chi connectivity index (χ0v) is 18.7. The lowest BCUT2D eigenvalue weighted by Gasteiger charge is -2.14. The molecule has 160 valence electrons. The number of tetrazole rings is 1. The van der Waals surface area contributed by atoms with E-state index >= 15 is 0 Å². The largest absolute Gasteiger partial charge is 0.263 e. The minimum absolute atomic E-state index is 0.353. The number of thiol groups is 1. The Kier molecular flexibility index (Phi) is 6.76. The van der Waals surface area contributed by atoms with Crippen LogP contribution in [0.5, 0.6) is 0 Å². The fourth-order valence-corrected chi connectivity index (χ4v) is 4.16. The van der Waals surface area contributed by atoms with E-state index < -0.39 is 0 Å². The fourth-order valence-electron chi connectivity index (χ4n) is 3.85. The van der Waals surface area contributed by atoms with Gasteiger partial charge in [0.25, 0.3) is 0 Å². The Morgan fingerprint density at radius 1 is 0.968 bits per heavy atom. The van der Waals surface area contributed by atoms with Crippen LogP contribution >= 0.6 is 12.6 Å². The van der Waals surface area contributed by atoms with Gasteiger partial charge in [0.2, 0.25) is 5.82 Å². The van der Waals surface area contributed by atoms with E-state index in [-0.39, 0.29) is 0 Å². The Hall–Kier alpha value is -3.00. The summed E-state index contributed by atoms with van der Waals surface area (Å²) >= 11 is 4.41. The monoisotopic (exact) mass is 433 g/mol. The van der Waals surface area contributed by atoms with E-state index in [2.05, 4.69) is 87.6 Å². The van der Waals surface area contributed by atoms with Gasteiger partial charge in [0.15, 0.2) is 5.82 Å². The summed E-state index contributed by atoms with van der Waals surface area (Å²) in [7, 11) is 0. The Bertz CT molecular complexity index is 1090. The molecule has 2 N–H and O–H groups in total. The lowest BCUT2D eigenvalue weighted by Crippen LogP contribution is -2.06. The van der Waals surface area contributed by atoms with Crippen LogP contribution in [0.15, 0.2) is 48.5 Å². The first kappa shape index (κ1) is 21.2. The number of hydrogen-bond donors (Lipinski definition) is 3. The minimum Gasteiger partial charge on any atom is -0.263 e. The summed E-state index contributed by atoms with van der Waals surface area (Å²) in [6.07, 6.45) is 2.79. The van der Waals surface area contributed by atoms with Gasteiger partial charge in [-0.15, -0.1) is 10.2 Å². The molecule has 0 aliphatic rings. The summed E-state index contributed by atoms with van der Waals surface area (Å²) < 4.78 is 0. The molecule has 1 atom stereocenters. The van der Waals surface area contributed by atoms with Crippen molar-refractivity contribution in [2.24, 2.45) is 5.92 Å². The smallest absolute Gasteiger partial charge is 0.205 e. The van der Waals surface area contributed by atoms with E-state index in [9.17, 15) is 0 Å². The number of nitrogens with zero attached hydrogens (tertiary/aromatic N) is 5. The summed E-state index contributed by atoms with van der Waals surface area (Å²) in [5.74, 6) is 4.19. The maximum atomic E-state index is 4.78. The average Bonchev–Trinajstić information content (AvgIpc) is 3.46. The normalized spacial score (nSPS) is 12.4. The van der Waals surface area contributed by atoms with Crippen LogP contribution < -0.4 is 0 Å². The Labute approximate surface area is 187 Å². The molecule has 0 saturated heterocycles. The van der Waals surface area contributed by atoms with Crippen molar-refractivity contribution in [1.29, 1.82) is 0 Å². The fraction of sp³-hybridized carbons (Fsp3) is 0.348. The number of aromatic amines is 2. The summed E-state index contributed by atoms with van der Waals surface area (Å²) in [6, 6.07) is 16.6. The van der Waals surface area contributed by atoms with Gasteiger partial charge in [0.1, 0.15) is 5.82 Å². The first-order chi connectivity index (χ1) is 15.1. The van der Waals surface area contributed by atoms with Crippen LogP contribution in [0.4, 0.5) is 0 Å². The molecule has 4 aromatic rings. The molecule has 0 spiro atoms. The number of aromatic nitrogens is 7. The molecule has 31 heavy (non-hydrogen) atoms. The number of H-pyrrole nitrogens is 2. The van der Waals surface area contributed by atoms with Gasteiger partial charge in [-0.05, 0) is 46.4 Å². The highest BCUT2D eigenvalue weighted by Crippen LogP contribution is 2.30. The van der Waals surface area contributed by atoms with Crippen LogP contribution in [0, 0.1) is 5.92 Å². The Morgan fingerprint density at radius 3 is 2.42 bits per heavy atom. The molecule has 0 radical (unpaired) electrons. The zero-order valence-electron chi connectivity index (χ0n) is 17.8. The lowest BCUT2D eigenvalue weighted by atomic mass is 9.94. The van der Waals surface area contributed by atoms with Crippen molar-refractivity contribution >= 4 is 12.6 Å². The van der Waals surface area contributed by atoms with Crippen molar-refractivity contribution < 1.29 is 0 Å². The van der Waals surface area contributed by atoms with Gasteiger partial charge in [-0.3, -0.25) is 5.10 Å². The second-order valence-corrected chi connectivity index (χ2v) is 8.58. The van der Waals surface area contributed by atoms with Crippen LogP contribution in [0.2, 0.25) is 0 Å². The molecule has 0 saturated carbocycles. The van der Waals surface area contributed by atoms with Gasteiger partial charge in [0, 0.05) is 17.9 Å². The Morgan fingerprint density at radius 2 is 1.74 bits per heavy atom. The molecule has 0 bridgehead atoms. The van der Waals surface area contributed by atoms with E-state index in [4.69, 9.17) is 4.98 Å². The third-order valence-corrected chi connectivity index (χ3v) is 5.56. The maximum absolute atomic E-state index is 4.78. The highest BCUT2D eigenvalue weighted by Gasteiger charge is 2.18. The van der Waals surface area contributed by atoms with E-state index in [1.807, 2.05) is 18.2 Å². The first-order valence-corrected chi connectivity index (χ1v) is 11.2. The standard InChI is InChI=1S/C23H27N7S/c1-15(2)13-18(11-12-31)22-24-21(25-26-22)14-16-7-9-17(10-8-16)19-5-3-4-6-20(19)23-27-29-30-28-23/h3-10,15,18,31H,11-14H2,1-2H3,(H,24,25,26)(H,27,28,29,30). The van der Waals surface area contributed by atoms with Crippen LogP contribution in [0.1, 0.15) is 49.8 Å². The average molecular weight is 434 g/mol. The van der Waals surface area contributed by atoms with Crippen molar-refractivity contribution in [2.45, 2.75) is 39.0 Å². The molecule has 0 aliphatic heterocycles. The predicted octanol–water partition coefficient (Wildman–Crippen LogP) is 4.69.